The molecule has 2 N–H and O–H groups in total. The minimum atomic E-state index is 0.829. The van der Waals surface area contributed by atoms with E-state index in [4.69, 9.17) is 0 Å². The zero-order chi connectivity index (χ0) is 14.4. The molecule has 1 saturated carbocycles. The van der Waals surface area contributed by atoms with Crippen molar-refractivity contribution >= 4 is 11.6 Å². The lowest BCUT2D eigenvalue weighted by molar-refractivity contribution is 0.289. The van der Waals surface area contributed by atoms with Crippen molar-refractivity contribution in [2.24, 2.45) is 0 Å². The number of hydrogen-bond acceptors (Lipinski definition) is 5. The quantitative estimate of drug-likeness (QED) is 0.726. The van der Waals surface area contributed by atoms with Crippen LogP contribution < -0.4 is 10.6 Å². The molecule has 1 fully saturated rings. The number of aryl methyl sites for hydroxylation is 1. The van der Waals surface area contributed by atoms with Crippen LogP contribution in [0.25, 0.3) is 0 Å². The largest absolute Gasteiger partial charge is 0.370 e. The fraction of sp³-hybridized carbons (Fsp3) is 0.733. The minimum Gasteiger partial charge on any atom is -0.370 e. The van der Waals surface area contributed by atoms with E-state index in [0.717, 1.165) is 56.1 Å². The molecule has 0 aromatic carbocycles. The van der Waals surface area contributed by atoms with Gasteiger partial charge in [-0.05, 0) is 26.3 Å². The Morgan fingerprint density at radius 1 is 1.15 bits per heavy atom. The molecule has 0 spiro atoms. The molecule has 112 valence electrons. The van der Waals surface area contributed by atoms with E-state index in [1.807, 2.05) is 6.07 Å². The molecule has 1 aliphatic carbocycles. The third-order valence-corrected chi connectivity index (χ3v) is 3.62. The molecule has 0 amide bonds. The standard InChI is InChI=1S/C15H27N5/c1-4-13-18-14(16-5-2)11-15(19-13)17-9-10-20(6-3)12-7-8-12/h11-12H,4-10H2,1-3H3,(H2,16,17,18,19). The van der Waals surface area contributed by atoms with Crippen LogP contribution in [-0.2, 0) is 6.42 Å². The van der Waals surface area contributed by atoms with Crippen LogP contribution in [0.1, 0.15) is 39.4 Å². The number of anilines is 2. The maximum absolute atomic E-state index is 4.54. The molecule has 5 heteroatoms. The van der Waals surface area contributed by atoms with Crippen molar-refractivity contribution in [2.45, 2.75) is 46.1 Å². The van der Waals surface area contributed by atoms with Gasteiger partial charge in [0.25, 0.3) is 0 Å². The molecule has 0 bridgehead atoms. The van der Waals surface area contributed by atoms with Crippen LogP contribution in [-0.4, -0.2) is 47.1 Å². The molecule has 5 nitrogen and oxygen atoms in total. The smallest absolute Gasteiger partial charge is 0.132 e. The first kappa shape index (κ1) is 15.0. The number of nitrogens with zero attached hydrogens (tertiary/aromatic N) is 3. The molecule has 1 aromatic rings. The van der Waals surface area contributed by atoms with Crippen molar-refractivity contribution in [3.8, 4) is 0 Å². The summed E-state index contributed by atoms with van der Waals surface area (Å²) in [6.45, 7) is 10.4. The van der Waals surface area contributed by atoms with Crippen LogP contribution in [0, 0.1) is 0 Å². The normalized spacial score (nSPS) is 14.6. The van der Waals surface area contributed by atoms with Gasteiger partial charge >= 0.3 is 0 Å². The molecule has 2 rings (SSSR count). The minimum absolute atomic E-state index is 0.829. The van der Waals surface area contributed by atoms with Crippen LogP contribution in [0.4, 0.5) is 11.6 Å². The van der Waals surface area contributed by atoms with E-state index in [-0.39, 0.29) is 0 Å². The van der Waals surface area contributed by atoms with Crippen molar-refractivity contribution in [2.75, 3.05) is 36.8 Å². The zero-order valence-corrected chi connectivity index (χ0v) is 12.9. The first-order chi connectivity index (χ1) is 9.76. The first-order valence-corrected chi connectivity index (χ1v) is 7.86. The van der Waals surface area contributed by atoms with E-state index in [9.17, 15) is 0 Å². The molecule has 0 radical (unpaired) electrons. The lowest BCUT2D eigenvalue weighted by Crippen LogP contribution is -2.31. The second-order valence-electron chi connectivity index (χ2n) is 5.23. The zero-order valence-electron chi connectivity index (χ0n) is 12.9. The Morgan fingerprint density at radius 2 is 1.85 bits per heavy atom. The average molecular weight is 277 g/mol. The third-order valence-electron chi connectivity index (χ3n) is 3.62. The highest BCUT2D eigenvalue weighted by Crippen LogP contribution is 2.26. The lowest BCUT2D eigenvalue weighted by atomic mass is 10.4. The summed E-state index contributed by atoms with van der Waals surface area (Å²) < 4.78 is 0. The highest BCUT2D eigenvalue weighted by molar-refractivity contribution is 5.47. The first-order valence-electron chi connectivity index (χ1n) is 7.86. The van der Waals surface area contributed by atoms with Crippen molar-refractivity contribution in [3.05, 3.63) is 11.9 Å². The van der Waals surface area contributed by atoms with Gasteiger partial charge in [0.15, 0.2) is 0 Å². The summed E-state index contributed by atoms with van der Waals surface area (Å²) in [7, 11) is 0. The molecule has 1 aromatic heterocycles. The Labute approximate surface area is 122 Å². The van der Waals surface area contributed by atoms with Gasteiger partial charge in [-0.2, -0.15) is 0 Å². The van der Waals surface area contributed by atoms with Gasteiger partial charge in [0.1, 0.15) is 17.5 Å². The molecule has 1 aliphatic rings. The van der Waals surface area contributed by atoms with Gasteiger partial charge in [0, 0.05) is 38.2 Å². The number of nitrogens with one attached hydrogen (secondary N) is 2. The Morgan fingerprint density at radius 3 is 2.40 bits per heavy atom. The predicted octanol–water partition coefficient (Wildman–Crippen LogP) is 2.37. The SMILES string of the molecule is CCNc1cc(NCCN(CC)C2CC2)nc(CC)n1. The van der Waals surface area contributed by atoms with Crippen molar-refractivity contribution in [3.63, 3.8) is 0 Å². The Bertz CT molecular complexity index is 417. The van der Waals surface area contributed by atoms with E-state index in [1.165, 1.54) is 12.8 Å². The Balaban J connectivity index is 1.88. The second-order valence-corrected chi connectivity index (χ2v) is 5.23. The summed E-state index contributed by atoms with van der Waals surface area (Å²) in [5.74, 6) is 2.73. The van der Waals surface area contributed by atoms with Crippen LogP contribution in [0.2, 0.25) is 0 Å². The Kier molecular flexibility index (Phi) is 5.59. The fourth-order valence-corrected chi connectivity index (χ4v) is 2.38. The van der Waals surface area contributed by atoms with Crippen LogP contribution in [0.5, 0.6) is 0 Å². The summed E-state index contributed by atoms with van der Waals surface area (Å²) in [5, 5.41) is 6.69. The molecule has 1 heterocycles. The number of aromatic nitrogens is 2. The molecule has 0 aliphatic heterocycles. The molecule has 0 unspecified atom stereocenters. The molecule has 0 saturated heterocycles. The summed E-state index contributed by atoms with van der Waals surface area (Å²) in [4.78, 5) is 11.5. The van der Waals surface area contributed by atoms with Crippen LogP contribution >= 0.6 is 0 Å². The maximum Gasteiger partial charge on any atom is 0.132 e. The van der Waals surface area contributed by atoms with Gasteiger partial charge in [-0.25, -0.2) is 9.97 Å². The van der Waals surface area contributed by atoms with E-state index in [0.29, 0.717) is 0 Å². The predicted molar refractivity (Wildman–Crippen MR) is 84.3 cm³/mol. The third kappa shape index (κ3) is 4.34. The van der Waals surface area contributed by atoms with Gasteiger partial charge in [0.2, 0.25) is 0 Å². The number of rotatable bonds is 9. The summed E-state index contributed by atoms with van der Waals surface area (Å²) in [5.41, 5.74) is 0. The Hall–Kier alpha value is -1.36. The van der Waals surface area contributed by atoms with Crippen molar-refractivity contribution < 1.29 is 0 Å². The average Bonchev–Trinajstić information content (AvgIpc) is 3.28. The van der Waals surface area contributed by atoms with Crippen LogP contribution in [0.15, 0.2) is 6.07 Å². The van der Waals surface area contributed by atoms with E-state index in [2.05, 4.69) is 46.3 Å². The molecular weight excluding hydrogens is 250 g/mol. The van der Waals surface area contributed by atoms with Crippen molar-refractivity contribution in [1.29, 1.82) is 0 Å². The van der Waals surface area contributed by atoms with Gasteiger partial charge in [-0.3, -0.25) is 4.90 Å². The second kappa shape index (κ2) is 7.43. The highest BCUT2D eigenvalue weighted by atomic mass is 15.2. The molecule has 0 atom stereocenters. The summed E-state index contributed by atoms with van der Waals surface area (Å²) in [6.07, 6.45) is 3.59. The monoisotopic (exact) mass is 277 g/mol. The molecule has 20 heavy (non-hydrogen) atoms. The van der Waals surface area contributed by atoms with Gasteiger partial charge in [-0.1, -0.05) is 13.8 Å². The molecular formula is C15H27N5. The lowest BCUT2D eigenvalue weighted by Gasteiger charge is -2.20. The van der Waals surface area contributed by atoms with Crippen LogP contribution in [0.3, 0.4) is 0 Å². The summed E-state index contributed by atoms with van der Waals surface area (Å²) in [6, 6.07) is 2.83. The van der Waals surface area contributed by atoms with Crippen molar-refractivity contribution in [1.82, 2.24) is 14.9 Å². The van der Waals surface area contributed by atoms with E-state index in [1.54, 1.807) is 0 Å². The van der Waals surface area contributed by atoms with E-state index >= 15 is 0 Å². The number of hydrogen-bond donors (Lipinski definition) is 2. The topological polar surface area (TPSA) is 53.1 Å². The van der Waals surface area contributed by atoms with Gasteiger partial charge in [-0.15, -0.1) is 0 Å². The fourth-order valence-electron chi connectivity index (χ4n) is 2.38. The summed E-state index contributed by atoms with van der Waals surface area (Å²) >= 11 is 0. The maximum atomic E-state index is 4.54. The van der Waals surface area contributed by atoms with E-state index < -0.39 is 0 Å². The number of likely N-dealkylation sites (N-methyl/N-ethyl adjacent to an activating group) is 1. The van der Waals surface area contributed by atoms with Gasteiger partial charge < -0.3 is 10.6 Å². The highest BCUT2D eigenvalue weighted by Gasteiger charge is 2.27. The van der Waals surface area contributed by atoms with Gasteiger partial charge in [0.05, 0.1) is 0 Å².